The van der Waals surface area contributed by atoms with Gasteiger partial charge in [-0.2, -0.15) is 0 Å². The van der Waals surface area contributed by atoms with E-state index in [1.807, 2.05) is 37.3 Å². The van der Waals surface area contributed by atoms with Crippen LogP contribution >= 0.6 is 15.9 Å². The van der Waals surface area contributed by atoms with Gasteiger partial charge in [-0.1, -0.05) is 28.1 Å². The number of hydrogen-bond acceptors (Lipinski definition) is 3. The highest BCUT2D eigenvalue weighted by Gasteiger charge is 2.37. The van der Waals surface area contributed by atoms with Crippen molar-refractivity contribution in [3.63, 3.8) is 0 Å². The van der Waals surface area contributed by atoms with Crippen molar-refractivity contribution in [2.24, 2.45) is 5.92 Å². The number of pyridine rings is 1. The number of nitrogens with zero attached hydrogens (tertiary/aromatic N) is 2. The highest BCUT2D eigenvalue weighted by Crippen LogP contribution is 2.30. The maximum absolute atomic E-state index is 12.7. The van der Waals surface area contributed by atoms with Crippen LogP contribution < -0.4 is 10.2 Å². The predicted octanol–water partition coefficient (Wildman–Crippen LogP) is 2.82. The van der Waals surface area contributed by atoms with Crippen molar-refractivity contribution in [2.45, 2.75) is 19.9 Å². The molecule has 0 spiro atoms. The van der Waals surface area contributed by atoms with Gasteiger partial charge in [0, 0.05) is 35.6 Å². The smallest absolute Gasteiger partial charge is 0.239 e. The number of nitrogens with one attached hydrogen (secondary N) is 1. The molecule has 6 heteroatoms. The molecule has 2 heterocycles. The van der Waals surface area contributed by atoms with Gasteiger partial charge in [-0.25, -0.2) is 0 Å². The first-order valence-electron chi connectivity index (χ1n) is 7.80. The van der Waals surface area contributed by atoms with E-state index in [0.29, 0.717) is 19.5 Å². The normalized spacial score (nSPS) is 17.2. The molecule has 5 nitrogen and oxygen atoms in total. The van der Waals surface area contributed by atoms with Crippen molar-refractivity contribution in [1.29, 1.82) is 0 Å². The van der Waals surface area contributed by atoms with Crippen molar-refractivity contribution in [1.82, 2.24) is 10.3 Å². The summed E-state index contributed by atoms with van der Waals surface area (Å²) in [6.07, 6.45) is 3.92. The Kier molecular flexibility index (Phi) is 4.94. The molecular weight excluding hydrogens is 370 g/mol. The first-order chi connectivity index (χ1) is 11.6. The number of carbonyl (C=O) groups is 2. The van der Waals surface area contributed by atoms with Gasteiger partial charge in [-0.15, -0.1) is 0 Å². The number of anilines is 1. The molecule has 0 bridgehead atoms. The third kappa shape index (κ3) is 3.48. The summed E-state index contributed by atoms with van der Waals surface area (Å²) in [5.74, 6) is -0.987. The Morgan fingerprint density at radius 2 is 2.25 bits per heavy atom. The molecule has 0 saturated carbocycles. The molecule has 0 unspecified atom stereocenters. The molecule has 124 valence electrons. The van der Waals surface area contributed by atoms with E-state index in [0.717, 1.165) is 21.3 Å². The lowest BCUT2D eigenvalue weighted by Crippen LogP contribution is -2.36. The molecule has 3 rings (SSSR count). The summed E-state index contributed by atoms with van der Waals surface area (Å²) in [5, 5.41) is 2.83. The monoisotopic (exact) mass is 387 g/mol. The first kappa shape index (κ1) is 16.6. The number of carbonyl (C=O) groups excluding carboxylic acids is 2. The van der Waals surface area contributed by atoms with Gasteiger partial charge in [0.2, 0.25) is 11.8 Å². The highest BCUT2D eigenvalue weighted by molar-refractivity contribution is 9.10. The van der Waals surface area contributed by atoms with Crippen LogP contribution in [0.15, 0.2) is 47.2 Å². The van der Waals surface area contributed by atoms with Crippen molar-refractivity contribution in [3.05, 3.63) is 58.3 Å². The molecule has 24 heavy (non-hydrogen) atoms. The van der Waals surface area contributed by atoms with E-state index in [2.05, 4.69) is 26.2 Å². The molecule has 1 saturated heterocycles. The van der Waals surface area contributed by atoms with Gasteiger partial charge in [0.25, 0.3) is 0 Å². The van der Waals surface area contributed by atoms with Crippen molar-refractivity contribution in [2.75, 3.05) is 11.4 Å². The van der Waals surface area contributed by atoms with E-state index in [9.17, 15) is 9.59 Å². The van der Waals surface area contributed by atoms with E-state index >= 15 is 0 Å². The van der Waals surface area contributed by atoms with E-state index in [4.69, 9.17) is 0 Å². The van der Waals surface area contributed by atoms with Crippen molar-refractivity contribution >= 4 is 33.4 Å². The number of benzene rings is 1. The zero-order valence-electron chi connectivity index (χ0n) is 13.3. The SMILES string of the molecule is Cc1ccc(Br)cc1N1CC[C@H](C(=O)NCc2cccnc2)C1=O. The van der Waals surface area contributed by atoms with Gasteiger partial charge >= 0.3 is 0 Å². The Labute approximate surface area is 149 Å². The standard InChI is InChI=1S/C18H18BrN3O2/c1-12-4-5-14(19)9-16(12)22-8-6-15(18(22)24)17(23)21-11-13-3-2-7-20-10-13/h2-5,7,9-10,15H,6,8,11H2,1H3,(H,21,23)/t15-/m1/s1. The van der Waals surface area contributed by atoms with E-state index < -0.39 is 5.92 Å². The van der Waals surface area contributed by atoms with Crippen LogP contribution in [0.5, 0.6) is 0 Å². The van der Waals surface area contributed by atoms with Crippen LogP contribution in [0.4, 0.5) is 5.69 Å². The number of halogens is 1. The fourth-order valence-corrected chi connectivity index (χ4v) is 3.20. The van der Waals surface area contributed by atoms with Crippen LogP contribution in [0.1, 0.15) is 17.5 Å². The summed E-state index contributed by atoms with van der Waals surface area (Å²) in [7, 11) is 0. The van der Waals surface area contributed by atoms with Gasteiger partial charge in [0.15, 0.2) is 0 Å². The molecule has 1 atom stereocenters. The Hall–Kier alpha value is -2.21. The van der Waals surface area contributed by atoms with Crippen LogP contribution in [-0.2, 0) is 16.1 Å². The van der Waals surface area contributed by atoms with E-state index in [1.54, 1.807) is 17.3 Å². The highest BCUT2D eigenvalue weighted by atomic mass is 79.9. The van der Waals surface area contributed by atoms with Crippen molar-refractivity contribution in [3.8, 4) is 0 Å². The minimum Gasteiger partial charge on any atom is -0.351 e. The van der Waals surface area contributed by atoms with Crippen LogP contribution in [0.3, 0.4) is 0 Å². The summed E-state index contributed by atoms with van der Waals surface area (Å²) in [5.41, 5.74) is 2.79. The Morgan fingerprint density at radius 3 is 3.00 bits per heavy atom. The number of aryl methyl sites for hydroxylation is 1. The van der Waals surface area contributed by atoms with Crippen molar-refractivity contribution < 1.29 is 9.59 Å². The number of hydrogen-bond donors (Lipinski definition) is 1. The third-order valence-corrected chi connectivity index (χ3v) is 4.67. The maximum atomic E-state index is 12.7. The zero-order chi connectivity index (χ0) is 17.1. The van der Waals surface area contributed by atoms with E-state index in [-0.39, 0.29) is 11.8 Å². The average Bonchev–Trinajstić information content (AvgIpc) is 2.97. The van der Waals surface area contributed by atoms with Crippen LogP contribution in [0.2, 0.25) is 0 Å². The summed E-state index contributed by atoms with van der Waals surface area (Å²) in [4.78, 5) is 30.7. The second kappa shape index (κ2) is 7.13. The molecule has 1 aromatic carbocycles. The van der Waals surface area contributed by atoms with Crippen LogP contribution in [-0.4, -0.2) is 23.3 Å². The summed E-state index contributed by atoms with van der Waals surface area (Å²) in [6.45, 7) is 2.90. The number of aromatic nitrogens is 1. The lowest BCUT2D eigenvalue weighted by atomic mass is 10.1. The van der Waals surface area contributed by atoms with Crippen LogP contribution in [0.25, 0.3) is 0 Å². The maximum Gasteiger partial charge on any atom is 0.239 e. The molecule has 2 amide bonds. The summed E-state index contributed by atoms with van der Waals surface area (Å²) < 4.78 is 0.917. The van der Waals surface area contributed by atoms with E-state index in [1.165, 1.54) is 0 Å². The second-order valence-electron chi connectivity index (χ2n) is 5.84. The van der Waals surface area contributed by atoms with Gasteiger partial charge in [-0.3, -0.25) is 14.6 Å². The molecule has 1 aliphatic rings. The topological polar surface area (TPSA) is 62.3 Å². The fourth-order valence-electron chi connectivity index (χ4n) is 2.85. The second-order valence-corrected chi connectivity index (χ2v) is 6.76. The average molecular weight is 388 g/mol. The Bertz CT molecular complexity index is 764. The summed E-state index contributed by atoms with van der Waals surface area (Å²) >= 11 is 3.43. The largest absolute Gasteiger partial charge is 0.351 e. The van der Waals surface area contributed by atoms with Gasteiger partial charge in [0.1, 0.15) is 5.92 Å². The number of amides is 2. The molecule has 1 aliphatic heterocycles. The minimum atomic E-state index is -0.625. The lowest BCUT2D eigenvalue weighted by Gasteiger charge is -2.19. The van der Waals surface area contributed by atoms with Crippen LogP contribution in [0, 0.1) is 12.8 Å². The predicted molar refractivity (Wildman–Crippen MR) is 95.4 cm³/mol. The number of rotatable bonds is 4. The molecule has 1 aromatic heterocycles. The first-order valence-corrected chi connectivity index (χ1v) is 8.59. The molecule has 1 fully saturated rings. The molecular formula is C18H18BrN3O2. The Balaban J connectivity index is 1.67. The van der Waals surface area contributed by atoms with Gasteiger partial charge < -0.3 is 10.2 Å². The fraction of sp³-hybridized carbons (Fsp3) is 0.278. The van der Waals surface area contributed by atoms with Gasteiger partial charge in [-0.05, 0) is 42.7 Å². The lowest BCUT2D eigenvalue weighted by molar-refractivity contribution is -0.132. The summed E-state index contributed by atoms with van der Waals surface area (Å²) in [6, 6.07) is 9.53. The zero-order valence-corrected chi connectivity index (χ0v) is 14.9. The Morgan fingerprint density at radius 1 is 1.42 bits per heavy atom. The molecule has 2 aromatic rings. The third-order valence-electron chi connectivity index (χ3n) is 4.17. The van der Waals surface area contributed by atoms with Gasteiger partial charge in [0.05, 0.1) is 0 Å². The quantitative estimate of drug-likeness (QED) is 0.820. The molecule has 1 N–H and O–H groups in total. The molecule has 0 radical (unpaired) electrons. The minimum absolute atomic E-state index is 0.139. The molecule has 0 aliphatic carbocycles.